The first-order valence-electron chi connectivity index (χ1n) is 10.1. The van der Waals surface area contributed by atoms with Crippen molar-refractivity contribution in [2.24, 2.45) is 17.3 Å². The summed E-state index contributed by atoms with van der Waals surface area (Å²) >= 11 is 0. The molecule has 0 saturated carbocycles. The van der Waals surface area contributed by atoms with Crippen LogP contribution < -0.4 is 20.8 Å². The van der Waals surface area contributed by atoms with Gasteiger partial charge in [0.15, 0.2) is 0 Å². The standard InChI is InChI=1S/C20H33N5O6S/c1-12(2)10-14(17(26)23-16(19(28)21-6)20(3,4)5)15(18(27)24-29)25-32(30,31)13-8-7-9-22-11-13/h7-9,11-12,14-16,25,29H,10H2,1-6H3,(H,21,28)(H,23,26)(H,24,27)/t14-,15+,16-/m1/s1. The smallest absolute Gasteiger partial charge is 0.262 e. The minimum Gasteiger partial charge on any atom is -0.357 e. The highest BCUT2D eigenvalue weighted by Gasteiger charge is 2.40. The molecule has 0 fully saturated rings. The van der Waals surface area contributed by atoms with Crippen molar-refractivity contribution in [3.8, 4) is 0 Å². The predicted molar refractivity (Wildman–Crippen MR) is 117 cm³/mol. The van der Waals surface area contributed by atoms with Crippen LogP contribution in [0.2, 0.25) is 0 Å². The van der Waals surface area contributed by atoms with E-state index in [1.807, 2.05) is 0 Å². The molecule has 0 unspecified atom stereocenters. The van der Waals surface area contributed by atoms with Gasteiger partial charge in [0.1, 0.15) is 17.0 Å². The van der Waals surface area contributed by atoms with Crippen LogP contribution in [-0.2, 0) is 24.4 Å². The zero-order valence-corrected chi connectivity index (χ0v) is 20.0. The Morgan fingerprint density at radius 2 is 1.75 bits per heavy atom. The molecule has 0 aliphatic rings. The number of carbonyl (C=O) groups is 3. The lowest BCUT2D eigenvalue weighted by Crippen LogP contribution is -2.59. The molecule has 0 radical (unpaired) electrons. The van der Waals surface area contributed by atoms with E-state index in [9.17, 15) is 28.0 Å². The van der Waals surface area contributed by atoms with E-state index in [4.69, 9.17) is 0 Å². The van der Waals surface area contributed by atoms with Crippen LogP contribution in [0.15, 0.2) is 29.4 Å². The van der Waals surface area contributed by atoms with Crippen LogP contribution in [0, 0.1) is 17.3 Å². The van der Waals surface area contributed by atoms with Crippen LogP contribution in [0.1, 0.15) is 41.0 Å². The molecule has 0 saturated heterocycles. The quantitative estimate of drug-likeness (QED) is 0.239. The van der Waals surface area contributed by atoms with E-state index in [1.54, 1.807) is 34.6 Å². The van der Waals surface area contributed by atoms with E-state index in [1.165, 1.54) is 30.9 Å². The zero-order chi connectivity index (χ0) is 24.7. The molecule has 12 heteroatoms. The van der Waals surface area contributed by atoms with E-state index < -0.39 is 51.2 Å². The fraction of sp³-hybridized carbons (Fsp3) is 0.600. The third-order valence-electron chi connectivity index (χ3n) is 4.75. The van der Waals surface area contributed by atoms with Crippen molar-refractivity contribution in [3.05, 3.63) is 24.5 Å². The number of nitrogens with zero attached hydrogens (tertiary/aromatic N) is 1. The Morgan fingerprint density at radius 1 is 1.12 bits per heavy atom. The third kappa shape index (κ3) is 7.53. The first-order chi connectivity index (χ1) is 14.7. The summed E-state index contributed by atoms with van der Waals surface area (Å²) in [6.07, 6.45) is 2.58. The summed E-state index contributed by atoms with van der Waals surface area (Å²) in [5.74, 6) is -3.58. The van der Waals surface area contributed by atoms with Crippen molar-refractivity contribution < 1.29 is 28.0 Å². The monoisotopic (exact) mass is 471 g/mol. The number of sulfonamides is 1. The third-order valence-corrected chi connectivity index (χ3v) is 6.17. The van der Waals surface area contributed by atoms with Gasteiger partial charge >= 0.3 is 0 Å². The molecule has 1 heterocycles. The number of likely N-dealkylation sites (N-methyl/N-ethyl adjacent to an activating group) is 1. The van der Waals surface area contributed by atoms with E-state index >= 15 is 0 Å². The Labute approximate surface area is 188 Å². The van der Waals surface area contributed by atoms with Crippen molar-refractivity contribution in [2.75, 3.05) is 7.05 Å². The van der Waals surface area contributed by atoms with Gasteiger partial charge in [-0.3, -0.25) is 24.6 Å². The molecule has 1 aromatic rings. The highest BCUT2D eigenvalue weighted by Crippen LogP contribution is 2.23. The van der Waals surface area contributed by atoms with Crippen LogP contribution in [0.3, 0.4) is 0 Å². The highest BCUT2D eigenvalue weighted by molar-refractivity contribution is 7.89. The molecule has 0 bridgehead atoms. The van der Waals surface area contributed by atoms with E-state index in [-0.39, 0.29) is 17.2 Å². The maximum absolute atomic E-state index is 13.2. The molecule has 5 N–H and O–H groups in total. The van der Waals surface area contributed by atoms with Crippen LogP contribution in [0.5, 0.6) is 0 Å². The molecule has 0 spiro atoms. The maximum atomic E-state index is 13.2. The highest BCUT2D eigenvalue weighted by atomic mass is 32.2. The van der Waals surface area contributed by atoms with Gasteiger partial charge in [0.05, 0.1) is 5.92 Å². The van der Waals surface area contributed by atoms with Gasteiger partial charge in [-0.1, -0.05) is 34.6 Å². The number of pyridine rings is 1. The van der Waals surface area contributed by atoms with Crippen molar-refractivity contribution in [1.82, 2.24) is 25.8 Å². The normalized spacial score (nSPS) is 14.9. The van der Waals surface area contributed by atoms with Gasteiger partial charge in [0.25, 0.3) is 5.91 Å². The Balaban J connectivity index is 3.37. The molecule has 3 amide bonds. The van der Waals surface area contributed by atoms with Gasteiger partial charge < -0.3 is 10.6 Å². The fourth-order valence-corrected chi connectivity index (χ4v) is 4.30. The first-order valence-corrected chi connectivity index (χ1v) is 11.6. The molecule has 0 aromatic carbocycles. The van der Waals surface area contributed by atoms with Gasteiger partial charge in [0, 0.05) is 19.4 Å². The largest absolute Gasteiger partial charge is 0.357 e. The number of amides is 3. The molecule has 0 aliphatic heterocycles. The van der Waals surface area contributed by atoms with Crippen LogP contribution in [0.25, 0.3) is 0 Å². The number of hydrogen-bond acceptors (Lipinski definition) is 7. The Bertz CT molecular complexity index is 899. The summed E-state index contributed by atoms with van der Waals surface area (Å²) in [7, 11) is -2.82. The van der Waals surface area contributed by atoms with Crippen LogP contribution in [0.4, 0.5) is 0 Å². The molecule has 1 aromatic heterocycles. The number of rotatable bonds is 10. The summed E-state index contributed by atoms with van der Waals surface area (Å²) in [5, 5.41) is 14.4. The summed E-state index contributed by atoms with van der Waals surface area (Å²) in [5.41, 5.74) is 0.760. The minimum absolute atomic E-state index is 0.101. The second-order valence-electron chi connectivity index (χ2n) is 8.92. The van der Waals surface area contributed by atoms with Gasteiger partial charge in [-0.15, -0.1) is 0 Å². The average molecular weight is 472 g/mol. The Morgan fingerprint density at radius 3 is 2.19 bits per heavy atom. The molecule has 180 valence electrons. The summed E-state index contributed by atoms with van der Waals surface area (Å²) in [6.45, 7) is 8.86. The second-order valence-corrected chi connectivity index (χ2v) is 10.6. The van der Waals surface area contributed by atoms with Crippen LogP contribution in [-0.4, -0.2) is 55.5 Å². The SMILES string of the molecule is CNC(=O)[C@@H](NC(=O)[C@H](CC(C)C)[C@H](NS(=O)(=O)c1cccnc1)C(=O)NO)C(C)(C)C. The molecule has 1 rings (SSSR count). The number of carbonyl (C=O) groups excluding carboxylic acids is 3. The number of hydrogen-bond donors (Lipinski definition) is 5. The summed E-state index contributed by atoms with van der Waals surface area (Å²) < 4.78 is 27.8. The first kappa shape index (κ1) is 27.5. The van der Waals surface area contributed by atoms with Crippen molar-refractivity contribution in [1.29, 1.82) is 0 Å². The average Bonchev–Trinajstić information content (AvgIpc) is 2.72. The van der Waals surface area contributed by atoms with Gasteiger partial charge in [-0.25, -0.2) is 13.9 Å². The Hall–Kier alpha value is -2.57. The van der Waals surface area contributed by atoms with E-state index in [0.717, 1.165) is 6.20 Å². The molecular weight excluding hydrogens is 438 g/mol. The number of nitrogens with one attached hydrogen (secondary N) is 4. The topological polar surface area (TPSA) is 167 Å². The lowest BCUT2D eigenvalue weighted by Gasteiger charge is -2.33. The molecule has 3 atom stereocenters. The molecule has 0 aliphatic carbocycles. The molecular formula is C20H33N5O6S. The Kier molecular flexibility index (Phi) is 9.73. The van der Waals surface area contributed by atoms with Crippen molar-refractivity contribution in [2.45, 2.75) is 58.0 Å². The fourth-order valence-electron chi connectivity index (χ4n) is 3.10. The molecule has 32 heavy (non-hydrogen) atoms. The van der Waals surface area contributed by atoms with Crippen LogP contribution >= 0.6 is 0 Å². The van der Waals surface area contributed by atoms with E-state index in [2.05, 4.69) is 20.3 Å². The minimum atomic E-state index is -4.25. The van der Waals surface area contributed by atoms with Crippen molar-refractivity contribution in [3.63, 3.8) is 0 Å². The zero-order valence-electron chi connectivity index (χ0n) is 19.2. The number of hydroxylamine groups is 1. The number of aromatic nitrogens is 1. The lowest BCUT2D eigenvalue weighted by molar-refractivity contribution is -0.139. The maximum Gasteiger partial charge on any atom is 0.262 e. The van der Waals surface area contributed by atoms with Crippen molar-refractivity contribution >= 4 is 27.7 Å². The van der Waals surface area contributed by atoms with E-state index in [0.29, 0.717) is 0 Å². The second kappa shape index (κ2) is 11.3. The van der Waals surface area contributed by atoms with Gasteiger partial charge in [-0.2, -0.15) is 4.72 Å². The summed E-state index contributed by atoms with van der Waals surface area (Å²) in [6, 6.07) is 0.105. The summed E-state index contributed by atoms with van der Waals surface area (Å²) in [4.78, 5) is 41.6. The van der Waals surface area contributed by atoms with Gasteiger partial charge in [0.2, 0.25) is 21.8 Å². The molecule has 11 nitrogen and oxygen atoms in total. The lowest BCUT2D eigenvalue weighted by atomic mass is 9.84. The predicted octanol–water partition coefficient (Wildman–Crippen LogP) is 0.173. The van der Waals surface area contributed by atoms with Gasteiger partial charge in [-0.05, 0) is 29.9 Å².